The van der Waals surface area contributed by atoms with Gasteiger partial charge < -0.3 is 10.2 Å². The van der Waals surface area contributed by atoms with Gasteiger partial charge in [0.15, 0.2) is 0 Å². The third kappa shape index (κ3) is 7.96. The predicted octanol–water partition coefficient (Wildman–Crippen LogP) is 3.26. The molecule has 1 aromatic heterocycles. The van der Waals surface area contributed by atoms with Gasteiger partial charge in [0.25, 0.3) is 0 Å². The maximum Gasteiger partial charge on any atom is 0.328 e. The molecule has 2 N–H and O–H groups in total. The largest absolute Gasteiger partial charge is 0.481 e. The molecule has 0 aliphatic rings. The van der Waals surface area contributed by atoms with E-state index in [4.69, 9.17) is 10.2 Å². The molecular weight excluding hydrogens is 350 g/mol. The van der Waals surface area contributed by atoms with Crippen LogP contribution in [0.4, 0.5) is 0 Å². The number of halogens is 1. The highest BCUT2D eigenvalue weighted by Crippen LogP contribution is 2.12. The summed E-state index contributed by atoms with van der Waals surface area (Å²) < 4.78 is 0.940. The van der Waals surface area contributed by atoms with Crippen LogP contribution in [-0.2, 0) is 16.0 Å². The van der Waals surface area contributed by atoms with Gasteiger partial charge in [-0.15, -0.1) is 0 Å². The lowest BCUT2D eigenvalue weighted by Crippen LogP contribution is -2.01. The molecule has 0 bridgehead atoms. The summed E-state index contributed by atoms with van der Waals surface area (Å²) in [6.07, 6.45) is 4.24. The van der Waals surface area contributed by atoms with E-state index in [9.17, 15) is 9.59 Å². The van der Waals surface area contributed by atoms with Crippen molar-refractivity contribution in [2.24, 2.45) is 0 Å². The Morgan fingerprint density at radius 3 is 2.45 bits per heavy atom. The fourth-order valence-corrected chi connectivity index (χ4v) is 1.85. The van der Waals surface area contributed by atoms with Crippen LogP contribution in [0.5, 0.6) is 0 Å². The first-order valence-corrected chi connectivity index (χ1v) is 7.05. The van der Waals surface area contributed by atoms with Gasteiger partial charge in [-0.2, -0.15) is 0 Å². The van der Waals surface area contributed by atoms with E-state index in [2.05, 4.69) is 20.9 Å². The highest BCUT2D eigenvalue weighted by Gasteiger charge is 1.98. The zero-order valence-electron chi connectivity index (χ0n) is 11.5. The first-order valence-electron chi connectivity index (χ1n) is 6.25. The van der Waals surface area contributed by atoms with Crippen molar-refractivity contribution in [3.63, 3.8) is 0 Å². The maximum atomic E-state index is 10.2. The zero-order valence-corrected chi connectivity index (χ0v) is 13.1. The third-order valence-corrected chi connectivity index (χ3v) is 2.82. The third-order valence-electron chi connectivity index (χ3n) is 2.33. The highest BCUT2D eigenvalue weighted by atomic mass is 79.9. The van der Waals surface area contributed by atoms with E-state index >= 15 is 0 Å². The molecule has 1 aromatic carbocycles. The van der Waals surface area contributed by atoms with Crippen molar-refractivity contribution in [1.29, 1.82) is 0 Å². The van der Waals surface area contributed by atoms with Crippen molar-refractivity contribution in [3.8, 4) is 0 Å². The summed E-state index contributed by atoms with van der Waals surface area (Å²) in [4.78, 5) is 24.1. The fraction of sp³-hybridized carbons (Fsp3) is 0.0625. The van der Waals surface area contributed by atoms with Crippen molar-refractivity contribution in [1.82, 2.24) is 4.98 Å². The molecule has 0 atom stereocenters. The van der Waals surface area contributed by atoms with Crippen LogP contribution >= 0.6 is 15.9 Å². The summed E-state index contributed by atoms with van der Waals surface area (Å²) in [7, 11) is 0. The first-order chi connectivity index (χ1) is 10.5. The van der Waals surface area contributed by atoms with Crippen LogP contribution in [0.3, 0.4) is 0 Å². The molecule has 2 aromatic rings. The lowest BCUT2D eigenvalue weighted by Gasteiger charge is -1.92. The molecule has 6 heteroatoms. The molecule has 0 aliphatic heterocycles. The summed E-state index contributed by atoms with van der Waals surface area (Å²) in [6.45, 7) is 0. The van der Waals surface area contributed by atoms with Crippen LogP contribution < -0.4 is 0 Å². The van der Waals surface area contributed by atoms with Crippen LogP contribution in [0.15, 0.2) is 59.2 Å². The topological polar surface area (TPSA) is 87.5 Å². The molecule has 0 saturated carbocycles. The zero-order chi connectivity index (χ0) is 16.4. The van der Waals surface area contributed by atoms with Crippen LogP contribution in [0.1, 0.15) is 11.3 Å². The van der Waals surface area contributed by atoms with Gasteiger partial charge in [-0.3, -0.25) is 9.78 Å². The van der Waals surface area contributed by atoms with Gasteiger partial charge in [-0.1, -0.05) is 34.1 Å². The Bertz CT molecular complexity index is 656. The monoisotopic (exact) mass is 363 g/mol. The van der Waals surface area contributed by atoms with Gasteiger partial charge >= 0.3 is 11.9 Å². The van der Waals surface area contributed by atoms with Crippen LogP contribution in [0, 0.1) is 0 Å². The lowest BCUT2D eigenvalue weighted by molar-refractivity contribution is -0.136. The Morgan fingerprint density at radius 2 is 1.91 bits per heavy atom. The average molecular weight is 364 g/mol. The number of nitrogens with zero attached hydrogens (tertiary/aromatic N) is 1. The molecule has 0 amide bonds. The number of benzene rings is 1. The maximum absolute atomic E-state index is 10.2. The van der Waals surface area contributed by atoms with Gasteiger partial charge in [0.05, 0.1) is 12.1 Å². The normalized spacial score (nSPS) is 9.86. The molecule has 5 nitrogen and oxygen atoms in total. The predicted molar refractivity (Wildman–Crippen MR) is 86.4 cm³/mol. The Labute approximate surface area is 136 Å². The molecule has 1 heterocycles. The SMILES string of the molecule is O=C(O)C=Cc1cccc(Br)c1.O=C(O)Cc1ccccn1. The highest BCUT2D eigenvalue weighted by molar-refractivity contribution is 9.10. The number of rotatable bonds is 4. The summed E-state index contributed by atoms with van der Waals surface area (Å²) in [6, 6.07) is 12.6. The number of aliphatic carboxylic acids is 2. The smallest absolute Gasteiger partial charge is 0.328 e. The van der Waals surface area contributed by atoms with Gasteiger partial charge in [0, 0.05) is 16.7 Å². The lowest BCUT2D eigenvalue weighted by atomic mass is 10.2. The quantitative estimate of drug-likeness (QED) is 0.814. The van der Waals surface area contributed by atoms with E-state index in [1.807, 2.05) is 24.3 Å². The molecule has 22 heavy (non-hydrogen) atoms. The minimum atomic E-state index is -0.935. The molecule has 0 spiro atoms. The van der Waals surface area contributed by atoms with Gasteiger partial charge in [-0.25, -0.2) is 4.79 Å². The van der Waals surface area contributed by atoms with E-state index in [-0.39, 0.29) is 6.42 Å². The summed E-state index contributed by atoms with van der Waals surface area (Å²) in [5.41, 5.74) is 1.46. The van der Waals surface area contributed by atoms with Crippen LogP contribution in [-0.4, -0.2) is 27.1 Å². The number of pyridine rings is 1. The Balaban J connectivity index is 0.000000224. The fourth-order valence-electron chi connectivity index (χ4n) is 1.44. The van der Waals surface area contributed by atoms with Crippen LogP contribution in [0.2, 0.25) is 0 Å². The molecule has 0 saturated heterocycles. The van der Waals surface area contributed by atoms with Crippen molar-refractivity contribution >= 4 is 33.9 Å². The Morgan fingerprint density at radius 1 is 1.14 bits per heavy atom. The minimum absolute atomic E-state index is 0.000833. The number of aromatic nitrogens is 1. The molecule has 0 fully saturated rings. The molecule has 114 valence electrons. The molecular formula is C16H14BrNO4. The molecule has 0 unspecified atom stereocenters. The van der Waals surface area contributed by atoms with E-state index in [0.29, 0.717) is 5.69 Å². The van der Waals surface area contributed by atoms with E-state index in [1.165, 1.54) is 0 Å². The van der Waals surface area contributed by atoms with Crippen LogP contribution in [0.25, 0.3) is 6.08 Å². The summed E-state index contributed by atoms with van der Waals surface area (Å²) >= 11 is 3.29. The number of hydrogen-bond acceptors (Lipinski definition) is 3. The minimum Gasteiger partial charge on any atom is -0.481 e. The number of carboxylic acid groups (broad SMARTS) is 2. The molecule has 0 aliphatic carbocycles. The Hall–Kier alpha value is -2.47. The molecule has 0 radical (unpaired) electrons. The van der Waals surface area contributed by atoms with Crippen molar-refractivity contribution in [2.75, 3.05) is 0 Å². The second kappa shape index (κ2) is 9.46. The van der Waals surface area contributed by atoms with Gasteiger partial charge in [0.2, 0.25) is 0 Å². The van der Waals surface area contributed by atoms with E-state index in [1.54, 1.807) is 30.5 Å². The van der Waals surface area contributed by atoms with E-state index < -0.39 is 11.9 Å². The number of hydrogen-bond donors (Lipinski definition) is 2. The van der Waals surface area contributed by atoms with Crippen molar-refractivity contribution < 1.29 is 19.8 Å². The second-order valence-corrected chi connectivity index (χ2v) is 5.03. The Kier molecular flexibility index (Phi) is 7.56. The first kappa shape index (κ1) is 17.6. The standard InChI is InChI=1S/C9H7BrO2.C7H7NO2/c10-8-3-1-2-7(6-8)4-5-9(11)12;9-7(10)5-6-3-1-2-4-8-6/h1-6H,(H,11,12);1-4H,5H2,(H,9,10). The van der Waals surface area contributed by atoms with E-state index in [0.717, 1.165) is 16.1 Å². The average Bonchev–Trinajstić information content (AvgIpc) is 2.46. The second-order valence-electron chi connectivity index (χ2n) is 4.12. The van der Waals surface area contributed by atoms with Gasteiger partial charge in [-0.05, 0) is 35.9 Å². The van der Waals surface area contributed by atoms with Crippen molar-refractivity contribution in [3.05, 3.63) is 70.5 Å². The summed E-state index contributed by atoms with van der Waals surface area (Å²) in [5, 5.41) is 16.7. The number of carbonyl (C=O) groups is 2. The summed E-state index contributed by atoms with van der Waals surface area (Å²) in [5.74, 6) is -1.78. The van der Waals surface area contributed by atoms with Crippen molar-refractivity contribution in [2.45, 2.75) is 6.42 Å². The van der Waals surface area contributed by atoms with Gasteiger partial charge in [0.1, 0.15) is 0 Å². The molecule has 2 rings (SSSR count). The number of carboxylic acids is 2.